The monoisotopic (exact) mass is 325 g/mol. The summed E-state index contributed by atoms with van der Waals surface area (Å²) in [6.45, 7) is 0. The number of nitrogens with zero attached hydrogens (tertiary/aromatic N) is 4. The van der Waals surface area contributed by atoms with Crippen LogP contribution in [0, 0.1) is 0 Å². The minimum absolute atomic E-state index is 0.0708. The third-order valence-electron chi connectivity index (χ3n) is 3.00. The Hall–Kier alpha value is -2.67. The molecule has 1 amide bonds. The van der Waals surface area contributed by atoms with E-state index in [1.54, 1.807) is 41.0 Å². The Morgan fingerprint density at radius 2 is 2.04 bits per heavy atom. The average molecular weight is 325 g/mol. The lowest BCUT2D eigenvalue weighted by Gasteiger charge is -2.06. The number of rotatable bonds is 6. The quantitative estimate of drug-likeness (QED) is 0.706. The van der Waals surface area contributed by atoms with E-state index in [-0.39, 0.29) is 5.91 Å². The molecule has 6 nitrogen and oxygen atoms in total. The number of nitrogens with one attached hydrogen (secondary N) is 1. The summed E-state index contributed by atoms with van der Waals surface area (Å²) in [7, 11) is 0. The number of carbonyl (C=O) groups is 1. The zero-order chi connectivity index (χ0) is 15.9. The second-order valence-corrected chi connectivity index (χ2v) is 5.84. The van der Waals surface area contributed by atoms with Gasteiger partial charge < -0.3 is 5.32 Å². The lowest BCUT2D eigenvalue weighted by molar-refractivity contribution is -0.115. The highest BCUT2D eigenvalue weighted by Crippen LogP contribution is 2.18. The number of amides is 1. The molecule has 0 atom stereocenters. The molecule has 0 saturated heterocycles. The van der Waals surface area contributed by atoms with Gasteiger partial charge in [-0.15, -0.1) is 11.8 Å². The van der Waals surface area contributed by atoms with Crippen molar-refractivity contribution in [3.63, 3.8) is 0 Å². The maximum absolute atomic E-state index is 12.0. The summed E-state index contributed by atoms with van der Waals surface area (Å²) >= 11 is 1.65. The summed E-state index contributed by atoms with van der Waals surface area (Å²) < 4.78 is 1.61. The van der Waals surface area contributed by atoms with Gasteiger partial charge in [-0.05, 0) is 18.2 Å². The first-order chi connectivity index (χ1) is 11.3. The Morgan fingerprint density at radius 3 is 2.83 bits per heavy atom. The van der Waals surface area contributed by atoms with Crippen molar-refractivity contribution in [1.29, 1.82) is 0 Å². The fourth-order valence-corrected chi connectivity index (χ4v) is 2.80. The van der Waals surface area contributed by atoms with Gasteiger partial charge in [-0.3, -0.25) is 4.79 Å². The lowest BCUT2D eigenvalue weighted by Crippen LogP contribution is -2.14. The fraction of sp³-hybridized carbons (Fsp3) is 0.125. The van der Waals surface area contributed by atoms with Crippen molar-refractivity contribution in [3.8, 4) is 5.82 Å². The first kappa shape index (κ1) is 15.2. The van der Waals surface area contributed by atoms with Gasteiger partial charge in [-0.25, -0.2) is 14.6 Å². The highest BCUT2D eigenvalue weighted by molar-refractivity contribution is 7.99. The van der Waals surface area contributed by atoms with Crippen LogP contribution < -0.4 is 5.32 Å². The first-order valence-corrected chi connectivity index (χ1v) is 8.09. The van der Waals surface area contributed by atoms with Crippen LogP contribution in [0.5, 0.6) is 0 Å². The van der Waals surface area contributed by atoms with Gasteiger partial charge in [-0.1, -0.05) is 18.2 Å². The molecule has 23 heavy (non-hydrogen) atoms. The molecule has 1 N–H and O–H groups in total. The summed E-state index contributed by atoms with van der Waals surface area (Å²) in [6, 6.07) is 13.5. The van der Waals surface area contributed by atoms with Crippen molar-refractivity contribution in [3.05, 3.63) is 61.2 Å². The SMILES string of the molecule is O=C(CCSc1ccccc1)Nc1cc(-n2cccn2)ncn1. The number of hydrogen-bond donors (Lipinski definition) is 1. The van der Waals surface area contributed by atoms with Gasteiger partial charge in [0.05, 0.1) is 0 Å². The van der Waals surface area contributed by atoms with Crippen LogP contribution in [0.2, 0.25) is 0 Å². The van der Waals surface area contributed by atoms with Crippen LogP contribution in [0.15, 0.2) is 66.1 Å². The first-order valence-electron chi connectivity index (χ1n) is 7.11. The van der Waals surface area contributed by atoms with Crippen molar-refractivity contribution in [2.45, 2.75) is 11.3 Å². The smallest absolute Gasteiger partial charge is 0.226 e. The van der Waals surface area contributed by atoms with Crippen LogP contribution in [-0.4, -0.2) is 31.4 Å². The van der Waals surface area contributed by atoms with E-state index >= 15 is 0 Å². The second-order valence-electron chi connectivity index (χ2n) is 4.67. The Bertz CT molecular complexity index is 761. The molecular formula is C16H15N5OS. The van der Waals surface area contributed by atoms with E-state index in [0.717, 1.165) is 4.90 Å². The molecule has 0 unspecified atom stereocenters. The number of hydrogen-bond acceptors (Lipinski definition) is 5. The topological polar surface area (TPSA) is 72.7 Å². The van der Waals surface area contributed by atoms with Gasteiger partial charge in [0, 0.05) is 35.5 Å². The summed E-state index contributed by atoms with van der Waals surface area (Å²) in [4.78, 5) is 21.3. The van der Waals surface area contributed by atoms with Crippen LogP contribution in [0.1, 0.15) is 6.42 Å². The van der Waals surface area contributed by atoms with Crippen molar-refractivity contribution in [2.75, 3.05) is 11.1 Å². The molecule has 2 heterocycles. The molecule has 0 aliphatic rings. The molecule has 0 saturated carbocycles. The zero-order valence-corrected chi connectivity index (χ0v) is 13.1. The van der Waals surface area contributed by atoms with Crippen LogP contribution >= 0.6 is 11.8 Å². The fourth-order valence-electron chi connectivity index (χ4n) is 1.93. The largest absolute Gasteiger partial charge is 0.311 e. The number of thioether (sulfide) groups is 1. The van der Waals surface area contributed by atoms with Crippen molar-refractivity contribution < 1.29 is 4.79 Å². The predicted molar refractivity (Wildman–Crippen MR) is 89.6 cm³/mol. The van der Waals surface area contributed by atoms with Crippen molar-refractivity contribution >= 4 is 23.5 Å². The summed E-state index contributed by atoms with van der Waals surface area (Å²) in [5.74, 6) is 1.73. The maximum atomic E-state index is 12.0. The molecule has 2 aromatic heterocycles. The maximum Gasteiger partial charge on any atom is 0.226 e. The van der Waals surface area contributed by atoms with E-state index in [9.17, 15) is 4.79 Å². The molecule has 0 fully saturated rings. The molecule has 0 bridgehead atoms. The summed E-state index contributed by atoms with van der Waals surface area (Å²) in [5.41, 5.74) is 0. The molecular weight excluding hydrogens is 310 g/mol. The summed E-state index contributed by atoms with van der Waals surface area (Å²) in [5, 5.41) is 6.89. The molecule has 0 aliphatic heterocycles. The number of anilines is 1. The standard InChI is InChI=1S/C16H15N5OS/c22-16(7-10-23-13-5-2-1-3-6-13)20-14-11-15(18-12-17-14)21-9-4-8-19-21/h1-6,8-9,11-12H,7,10H2,(H,17,18,20,22). The Morgan fingerprint density at radius 1 is 1.17 bits per heavy atom. The van der Waals surface area contributed by atoms with E-state index in [1.165, 1.54) is 6.33 Å². The van der Waals surface area contributed by atoms with E-state index in [2.05, 4.69) is 20.4 Å². The van der Waals surface area contributed by atoms with Crippen LogP contribution in [0.25, 0.3) is 5.82 Å². The minimum atomic E-state index is -0.0708. The van der Waals surface area contributed by atoms with Gasteiger partial charge in [-0.2, -0.15) is 5.10 Å². The normalized spacial score (nSPS) is 10.4. The molecule has 3 aromatic rings. The van der Waals surface area contributed by atoms with Gasteiger partial charge >= 0.3 is 0 Å². The molecule has 7 heteroatoms. The average Bonchev–Trinajstić information content (AvgIpc) is 3.11. The van der Waals surface area contributed by atoms with E-state index < -0.39 is 0 Å². The Balaban J connectivity index is 1.53. The third-order valence-corrected chi connectivity index (χ3v) is 4.01. The second kappa shape index (κ2) is 7.55. The zero-order valence-electron chi connectivity index (χ0n) is 12.3. The minimum Gasteiger partial charge on any atom is -0.311 e. The van der Waals surface area contributed by atoms with Gasteiger partial charge in [0.2, 0.25) is 5.91 Å². The van der Waals surface area contributed by atoms with E-state index in [0.29, 0.717) is 23.8 Å². The third kappa shape index (κ3) is 4.40. The van der Waals surface area contributed by atoms with Crippen LogP contribution in [0.3, 0.4) is 0 Å². The van der Waals surface area contributed by atoms with Crippen LogP contribution in [-0.2, 0) is 4.79 Å². The Labute approximate surface area is 138 Å². The Kier molecular flexibility index (Phi) is 5.00. The van der Waals surface area contributed by atoms with Gasteiger partial charge in [0.1, 0.15) is 12.1 Å². The molecule has 3 rings (SSSR count). The number of carbonyl (C=O) groups excluding carboxylic acids is 1. The molecule has 0 spiro atoms. The highest BCUT2D eigenvalue weighted by atomic mass is 32.2. The van der Waals surface area contributed by atoms with Gasteiger partial charge in [0.15, 0.2) is 5.82 Å². The van der Waals surface area contributed by atoms with Crippen molar-refractivity contribution in [2.24, 2.45) is 0 Å². The van der Waals surface area contributed by atoms with E-state index in [4.69, 9.17) is 0 Å². The van der Waals surface area contributed by atoms with E-state index in [1.807, 2.05) is 30.3 Å². The molecule has 0 radical (unpaired) electrons. The van der Waals surface area contributed by atoms with Crippen LogP contribution in [0.4, 0.5) is 5.82 Å². The number of benzene rings is 1. The molecule has 1 aromatic carbocycles. The highest BCUT2D eigenvalue weighted by Gasteiger charge is 2.06. The van der Waals surface area contributed by atoms with Crippen molar-refractivity contribution in [1.82, 2.24) is 19.7 Å². The number of aromatic nitrogens is 4. The van der Waals surface area contributed by atoms with Gasteiger partial charge in [0.25, 0.3) is 0 Å². The predicted octanol–water partition coefficient (Wildman–Crippen LogP) is 2.78. The summed E-state index contributed by atoms with van der Waals surface area (Å²) in [6.07, 6.45) is 5.28. The molecule has 0 aliphatic carbocycles. The lowest BCUT2D eigenvalue weighted by atomic mass is 10.4. The molecule has 116 valence electrons.